The maximum absolute atomic E-state index is 5.76. The van der Waals surface area contributed by atoms with Gasteiger partial charge in [-0.1, -0.05) is 52.0 Å². The number of fused-ring (bicyclic) bond motifs is 1. The van der Waals surface area contributed by atoms with Gasteiger partial charge in [0.1, 0.15) is 5.52 Å². The summed E-state index contributed by atoms with van der Waals surface area (Å²) in [5.41, 5.74) is 4.29. The summed E-state index contributed by atoms with van der Waals surface area (Å²) in [6, 6.07) is 4.24. The molecule has 1 aliphatic rings. The average molecular weight is 288 g/mol. The maximum Gasteiger partial charge on any atom is 0.198 e. The van der Waals surface area contributed by atoms with Crippen LogP contribution in [0.2, 0.25) is 0 Å². The first-order valence-electron chi connectivity index (χ1n) is 8.16. The van der Waals surface area contributed by atoms with Crippen LogP contribution in [-0.2, 0) is 6.54 Å². The first-order valence-corrected chi connectivity index (χ1v) is 8.16. The second-order valence-electron chi connectivity index (χ2n) is 6.27. The molecule has 3 heteroatoms. The molecule has 1 aromatic heterocycles. The summed E-state index contributed by atoms with van der Waals surface area (Å²) in [5, 5.41) is 3.15. The molecule has 0 unspecified atom stereocenters. The third kappa shape index (κ3) is 4.31. The first kappa shape index (κ1) is 16.0. The van der Waals surface area contributed by atoms with Crippen molar-refractivity contribution < 1.29 is 4.42 Å². The van der Waals surface area contributed by atoms with Crippen LogP contribution in [0.3, 0.4) is 0 Å². The molecule has 1 heterocycles. The lowest BCUT2D eigenvalue weighted by Crippen LogP contribution is -2.04. The fraction of sp³-hybridized carbons (Fsp3) is 0.611. The second kappa shape index (κ2) is 7.60. The lowest BCUT2D eigenvalue weighted by atomic mass is 10.1. The van der Waals surface area contributed by atoms with Gasteiger partial charge in [-0.15, -0.1) is 0 Å². The minimum atomic E-state index is 0.333. The van der Waals surface area contributed by atoms with E-state index in [2.05, 4.69) is 43.2 Å². The van der Waals surface area contributed by atoms with Crippen LogP contribution < -0.4 is 5.32 Å². The van der Waals surface area contributed by atoms with Crippen molar-refractivity contribution in [2.75, 3.05) is 7.05 Å². The molecule has 2 aromatic rings. The largest absolute Gasteiger partial charge is 0.440 e. The lowest BCUT2D eigenvalue weighted by Gasteiger charge is -2.01. The minimum Gasteiger partial charge on any atom is -0.440 e. The van der Waals surface area contributed by atoms with Crippen molar-refractivity contribution >= 4 is 11.1 Å². The van der Waals surface area contributed by atoms with Crippen LogP contribution in [-0.4, -0.2) is 12.0 Å². The third-order valence-corrected chi connectivity index (χ3v) is 3.88. The number of nitrogens with one attached hydrogen (secondary N) is 1. The quantitative estimate of drug-likeness (QED) is 0.870. The van der Waals surface area contributed by atoms with E-state index in [4.69, 9.17) is 4.42 Å². The Kier molecular flexibility index (Phi) is 5.80. The van der Waals surface area contributed by atoms with Crippen LogP contribution in [0, 0.1) is 6.92 Å². The highest BCUT2D eigenvalue weighted by atomic mass is 16.3. The molecule has 3 nitrogen and oxygen atoms in total. The van der Waals surface area contributed by atoms with Gasteiger partial charge in [0.2, 0.25) is 0 Å². The molecule has 0 aliphatic heterocycles. The van der Waals surface area contributed by atoms with Crippen LogP contribution in [0.25, 0.3) is 11.1 Å². The van der Waals surface area contributed by atoms with Gasteiger partial charge in [0.25, 0.3) is 0 Å². The van der Waals surface area contributed by atoms with Gasteiger partial charge in [-0.05, 0) is 31.2 Å². The van der Waals surface area contributed by atoms with E-state index in [0.29, 0.717) is 5.92 Å². The molecule has 1 aliphatic carbocycles. The molecule has 3 rings (SSSR count). The molecule has 0 radical (unpaired) electrons. The van der Waals surface area contributed by atoms with Crippen molar-refractivity contribution in [3.8, 4) is 0 Å². The Morgan fingerprint density at radius 3 is 2.29 bits per heavy atom. The number of rotatable bonds is 3. The van der Waals surface area contributed by atoms with E-state index in [-0.39, 0.29) is 0 Å². The van der Waals surface area contributed by atoms with Crippen LogP contribution in [0.1, 0.15) is 68.9 Å². The maximum atomic E-state index is 5.76. The summed E-state index contributed by atoms with van der Waals surface area (Å²) in [7, 11) is 1.95. The number of hydrogen-bond acceptors (Lipinski definition) is 3. The number of aryl methyl sites for hydroxylation is 1. The molecule has 0 amide bonds. The Hall–Kier alpha value is -1.35. The van der Waals surface area contributed by atoms with Crippen molar-refractivity contribution in [2.24, 2.45) is 0 Å². The highest BCUT2D eigenvalue weighted by molar-refractivity contribution is 5.77. The molecular weight excluding hydrogens is 260 g/mol. The molecule has 1 fully saturated rings. The Bertz CT molecular complexity index is 560. The summed E-state index contributed by atoms with van der Waals surface area (Å²) >= 11 is 0. The summed E-state index contributed by atoms with van der Waals surface area (Å²) in [6.07, 6.45) is 7.50. The number of aromatic nitrogens is 1. The van der Waals surface area contributed by atoms with E-state index in [1.807, 2.05) is 7.05 Å². The number of benzene rings is 1. The van der Waals surface area contributed by atoms with E-state index >= 15 is 0 Å². The van der Waals surface area contributed by atoms with Gasteiger partial charge in [-0.3, -0.25) is 0 Å². The van der Waals surface area contributed by atoms with E-state index < -0.39 is 0 Å². The van der Waals surface area contributed by atoms with E-state index in [1.165, 1.54) is 37.7 Å². The van der Waals surface area contributed by atoms with Gasteiger partial charge in [0, 0.05) is 12.5 Å². The molecule has 0 bridgehead atoms. The van der Waals surface area contributed by atoms with Crippen molar-refractivity contribution in [3.63, 3.8) is 0 Å². The van der Waals surface area contributed by atoms with E-state index in [1.54, 1.807) is 0 Å². The SMILES string of the molecule is C1CCCC1.CNCc1cc(C)c2oc(C(C)C)nc2c1. The lowest BCUT2D eigenvalue weighted by molar-refractivity contribution is 0.500. The van der Waals surface area contributed by atoms with Crippen LogP contribution in [0.4, 0.5) is 0 Å². The molecule has 0 atom stereocenters. The zero-order valence-corrected chi connectivity index (χ0v) is 13.8. The zero-order valence-electron chi connectivity index (χ0n) is 13.8. The molecule has 116 valence electrons. The monoisotopic (exact) mass is 288 g/mol. The predicted octanol–water partition coefficient (Wildman–Crippen LogP) is 4.93. The second-order valence-corrected chi connectivity index (χ2v) is 6.27. The topological polar surface area (TPSA) is 38.1 Å². The van der Waals surface area contributed by atoms with Gasteiger partial charge >= 0.3 is 0 Å². The third-order valence-electron chi connectivity index (χ3n) is 3.88. The van der Waals surface area contributed by atoms with Gasteiger partial charge in [-0.25, -0.2) is 4.98 Å². The minimum absolute atomic E-state index is 0.333. The molecular formula is C18H28N2O. The molecule has 21 heavy (non-hydrogen) atoms. The van der Waals surface area contributed by atoms with Gasteiger partial charge in [-0.2, -0.15) is 0 Å². The first-order chi connectivity index (χ1) is 10.1. The van der Waals surface area contributed by atoms with Crippen molar-refractivity contribution in [2.45, 2.75) is 65.3 Å². The molecule has 1 aromatic carbocycles. The fourth-order valence-corrected chi connectivity index (χ4v) is 2.73. The Morgan fingerprint density at radius 1 is 1.14 bits per heavy atom. The van der Waals surface area contributed by atoms with Gasteiger partial charge < -0.3 is 9.73 Å². The fourth-order valence-electron chi connectivity index (χ4n) is 2.73. The number of oxazole rings is 1. The Labute approximate surface area is 128 Å². The average Bonchev–Trinajstić information content (AvgIpc) is 3.11. The predicted molar refractivity (Wildman–Crippen MR) is 88.7 cm³/mol. The standard InChI is InChI=1S/C13H18N2O.C5H10/c1-8(2)13-15-11-6-10(7-14-4)5-9(3)12(11)16-13;1-2-4-5-3-1/h5-6,8,14H,7H2,1-4H3;1-5H2. The van der Waals surface area contributed by atoms with Gasteiger partial charge in [0.05, 0.1) is 0 Å². The highest BCUT2D eigenvalue weighted by Gasteiger charge is 2.11. The Balaban J connectivity index is 0.000000272. The van der Waals surface area contributed by atoms with E-state index in [0.717, 1.165) is 29.1 Å². The normalized spacial score (nSPS) is 14.5. The molecule has 0 spiro atoms. The molecule has 1 saturated carbocycles. The van der Waals surface area contributed by atoms with E-state index in [9.17, 15) is 0 Å². The number of nitrogens with zero attached hydrogens (tertiary/aromatic N) is 1. The Morgan fingerprint density at radius 2 is 1.76 bits per heavy atom. The van der Waals surface area contributed by atoms with Crippen LogP contribution in [0.5, 0.6) is 0 Å². The van der Waals surface area contributed by atoms with Crippen molar-refractivity contribution in [1.82, 2.24) is 10.3 Å². The molecule has 1 N–H and O–H groups in total. The zero-order chi connectivity index (χ0) is 15.2. The van der Waals surface area contributed by atoms with Crippen molar-refractivity contribution in [1.29, 1.82) is 0 Å². The van der Waals surface area contributed by atoms with Crippen LogP contribution >= 0.6 is 0 Å². The highest BCUT2D eigenvalue weighted by Crippen LogP contribution is 2.25. The number of hydrogen-bond donors (Lipinski definition) is 1. The summed E-state index contributed by atoms with van der Waals surface area (Å²) in [6.45, 7) is 7.11. The van der Waals surface area contributed by atoms with Crippen LogP contribution in [0.15, 0.2) is 16.5 Å². The summed E-state index contributed by atoms with van der Waals surface area (Å²) in [5.74, 6) is 1.15. The van der Waals surface area contributed by atoms with Gasteiger partial charge in [0.15, 0.2) is 11.5 Å². The summed E-state index contributed by atoms with van der Waals surface area (Å²) in [4.78, 5) is 4.52. The smallest absolute Gasteiger partial charge is 0.198 e. The summed E-state index contributed by atoms with van der Waals surface area (Å²) < 4.78 is 5.76. The molecule has 0 saturated heterocycles. The van der Waals surface area contributed by atoms with Crippen molar-refractivity contribution in [3.05, 3.63) is 29.2 Å².